The summed E-state index contributed by atoms with van der Waals surface area (Å²) in [5.74, 6) is 0.905. The minimum Gasteiger partial charge on any atom is -0.398 e. The average molecular weight is 361 g/mol. The van der Waals surface area contributed by atoms with Crippen molar-refractivity contribution in [3.63, 3.8) is 0 Å². The van der Waals surface area contributed by atoms with Gasteiger partial charge in [-0.3, -0.25) is 14.0 Å². The molecule has 2 aromatic heterocycles. The molecule has 7 heteroatoms. The van der Waals surface area contributed by atoms with E-state index in [-0.39, 0.29) is 5.56 Å². The molecule has 27 heavy (non-hydrogen) atoms. The maximum atomic E-state index is 12.5. The van der Waals surface area contributed by atoms with Gasteiger partial charge in [-0.05, 0) is 30.3 Å². The first-order valence-corrected chi connectivity index (χ1v) is 9.00. The molecular weight excluding hydrogens is 342 g/mol. The van der Waals surface area contributed by atoms with E-state index >= 15 is 0 Å². The van der Waals surface area contributed by atoms with Gasteiger partial charge in [0.25, 0.3) is 5.56 Å². The van der Waals surface area contributed by atoms with Gasteiger partial charge < -0.3 is 15.2 Å². The van der Waals surface area contributed by atoms with Gasteiger partial charge in [-0.2, -0.15) is 4.98 Å². The Kier molecular flexibility index (Phi) is 3.28. The minimum absolute atomic E-state index is 0.316. The summed E-state index contributed by atoms with van der Waals surface area (Å²) in [7, 11) is 1.91. The van der Waals surface area contributed by atoms with Crippen molar-refractivity contribution in [2.75, 3.05) is 23.7 Å². The number of carbonyl (C=O) groups is 1. The van der Waals surface area contributed by atoms with E-state index in [1.54, 1.807) is 6.07 Å². The predicted octanol–water partition coefficient (Wildman–Crippen LogP) is 2.09. The second-order valence-corrected chi connectivity index (χ2v) is 7.05. The van der Waals surface area contributed by atoms with Gasteiger partial charge in [0.2, 0.25) is 5.78 Å². The molecule has 0 aliphatic carbocycles. The highest BCUT2D eigenvalue weighted by atomic mass is 16.1. The van der Waals surface area contributed by atoms with Crippen molar-refractivity contribution in [2.24, 2.45) is 7.05 Å². The maximum Gasteiger partial charge on any atom is 0.284 e. The number of benzene rings is 2. The van der Waals surface area contributed by atoms with Gasteiger partial charge in [-0.25, -0.2) is 0 Å². The molecule has 5 rings (SSSR count). The molecule has 0 bridgehead atoms. The van der Waals surface area contributed by atoms with Crippen LogP contribution in [-0.4, -0.2) is 32.8 Å². The summed E-state index contributed by atoms with van der Waals surface area (Å²) < 4.78 is 3.91. The third-order valence-electron chi connectivity index (χ3n) is 5.48. The number of ketones is 1. The topological polar surface area (TPSA) is 85.6 Å². The minimum atomic E-state index is -0.316. The molecule has 0 unspecified atom stereocenters. The fourth-order valence-corrected chi connectivity index (χ4v) is 4.03. The lowest BCUT2D eigenvalue weighted by molar-refractivity contribution is -0.119. The van der Waals surface area contributed by atoms with Gasteiger partial charge in [0.15, 0.2) is 0 Å². The van der Waals surface area contributed by atoms with Crippen molar-refractivity contribution < 1.29 is 4.79 Å². The lowest BCUT2D eigenvalue weighted by atomic mass is 10.1. The number of rotatable bonds is 1. The van der Waals surface area contributed by atoms with Crippen molar-refractivity contribution in [3.8, 4) is 0 Å². The zero-order chi connectivity index (χ0) is 18.7. The number of hydrogen-bond acceptors (Lipinski definition) is 5. The number of imidazole rings is 1. The monoisotopic (exact) mass is 361 g/mol. The summed E-state index contributed by atoms with van der Waals surface area (Å²) >= 11 is 0. The summed E-state index contributed by atoms with van der Waals surface area (Å²) in [5, 5.41) is 0.445. The van der Waals surface area contributed by atoms with Crippen LogP contribution in [0.1, 0.15) is 12.8 Å². The smallest absolute Gasteiger partial charge is 0.284 e. The Morgan fingerprint density at radius 2 is 1.78 bits per heavy atom. The van der Waals surface area contributed by atoms with Gasteiger partial charge in [0, 0.05) is 44.4 Å². The van der Waals surface area contributed by atoms with E-state index in [4.69, 9.17) is 5.73 Å². The molecule has 0 atom stereocenters. The number of carbonyl (C=O) groups excluding carboxylic acids is 1. The van der Waals surface area contributed by atoms with Crippen LogP contribution in [0.4, 0.5) is 11.4 Å². The van der Waals surface area contributed by atoms with Gasteiger partial charge in [-0.15, -0.1) is 0 Å². The highest BCUT2D eigenvalue weighted by molar-refractivity contribution is 5.95. The number of aromatic nitrogens is 3. The fraction of sp³-hybridized carbons (Fsp3) is 0.250. The number of fused-ring (bicyclic) bond motifs is 5. The highest BCUT2D eigenvalue weighted by Gasteiger charge is 2.19. The molecule has 0 saturated carbocycles. The Hall–Kier alpha value is -3.35. The molecule has 1 aliphatic rings. The number of hydrogen-bond donors (Lipinski definition) is 1. The average Bonchev–Trinajstić information content (AvgIpc) is 2.94. The molecular formula is C20H19N5O2. The predicted molar refractivity (Wildman–Crippen MR) is 106 cm³/mol. The molecule has 3 heterocycles. The van der Waals surface area contributed by atoms with Crippen molar-refractivity contribution in [1.29, 1.82) is 0 Å². The first-order chi connectivity index (χ1) is 13.0. The van der Waals surface area contributed by atoms with E-state index in [1.165, 1.54) is 0 Å². The molecule has 2 N–H and O–H groups in total. The summed E-state index contributed by atoms with van der Waals surface area (Å²) in [6.45, 7) is 1.48. The van der Waals surface area contributed by atoms with Crippen LogP contribution < -0.4 is 16.2 Å². The van der Waals surface area contributed by atoms with Crippen LogP contribution in [0.5, 0.6) is 0 Å². The molecule has 1 aliphatic heterocycles. The van der Waals surface area contributed by atoms with Crippen LogP contribution in [0.2, 0.25) is 0 Å². The number of nitrogens with zero attached hydrogens (tertiary/aromatic N) is 4. The molecule has 7 nitrogen and oxygen atoms in total. The quantitative estimate of drug-likeness (QED) is 0.525. The lowest BCUT2D eigenvalue weighted by Crippen LogP contribution is -2.33. The maximum absolute atomic E-state index is 12.5. The van der Waals surface area contributed by atoms with Gasteiger partial charge in [-0.1, -0.05) is 6.07 Å². The van der Waals surface area contributed by atoms with Gasteiger partial charge in [0.05, 0.1) is 21.9 Å². The second-order valence-electron chi connectivity index (χ2n) is 7.05. The second kappa shape index (κ2) is 5.57. The van der Waals surface area contributed by atoms with Crippen LogP contribution in [0, 0.1) is 0 Å². The zero-order valence-electron chi connectivity index (χ0n) is 15.0. The van der Waals surface area contributed by atoms with E-state index < -0.39 is 0 Å². The molecule has 4 aromatic rings. The van der Waals surface area contributed by atoms with E-state index in [1.807, 2.05) is 34.2 Å². The molecule has 0 amide bonds. The number of aryl methyl sites for hydroxylation is 1. The Morgan fingerprint density at radius 1 is 1.00 bits per heavy atom. The SMILES string of the molecule is Cn1c2cc(N3CCC(=O)CC3)ccc2n2c3cccc(N)c3c(=O)nc12. The largest absolute Gasteiger partial charge is 0.398 e. The van der Waals surface area contributed by atoms with Gasteiger partial charge >= 0.3 is 0 Å². The van der Waals surface area contributed by atoms with Crippen molar-refractivity contribution >= 4 is 44.9 Å². The first kappa shape index (κ1) is 15.9. The van der Waals surface area contributed by atoms with E-state index in [2.05, 4.69) is 22.0 Å². The lowest BCUT2D eigenvalue weighted by Gasteiger charge is -2.28. The Labute approximate surface area is 154 Å². The third kappa shape index (κ3) is 2.24. The van der Waals surface area contributed by atoms with E-state index in [0.717, 1.165) is 35.3 Å². The molecule has 0 spiro atoms. The third-order valence-corrected chi connectivity index (χ3v) is 5.48. The van der Waals surface area contributed by atoms with Crippen LogP contribution in [0.15, 0.2) is 41.2 Å². The highest BCUT2D eigenvalue weighted by Crippen LogP contribution is 2.28. The molecule has 136 valence electrons. The fourth-order valence-electron chi connectivity index (χ4n) is 4.03. The summed E-state index contributed by atoms with van der Waals surface area (Å²) in [6.07, 6.45) is 1.18. The number of nitrogen functional groups attached to an aromatic ring is 1. The van der Waals surface area contributed by atoms with Gasteiger partial charge in [0.1, 0.15) is 5.78 Å². The number of Topliss-reactive ketones (excluding diaryl/α,β-unsaturated/α-hetero) is 1. The van der Waals surface area contributed by atoms with Crippen LogP contribution in [0.25, 0.3) is 27.7 Å². The van der Waals surface area contributed by atoms with Crippen molar-refractivity contribution in [1.82, 2.24) is 14.0 Å². The Morgan fingerprint density at radius 3 is 2.56 bits per heavy atom. The molecule has 1 saturated heterocycles. The van der Waals surface area contributed by atoms with Crippen LogP contribution >= 0.6 is 0 Å². The zero-order valence-corrected chi connectivity index (χ0v) is 15.0. The van der Waals surface area contributed by atoms with E-state index in [0.29, 0.717) is 35.5 Å². The van der Waals surface area contributed by atoms with E-state index in [9.17, 15) is 9.59 Å². The number of anilines is 2. The Balaban J connectivity index is 1.80. The Bertz CT molecular complexity index is 1290. The summed E-state index contributed by atoms with van der Waals surface area (Å²) in [5.41, 5.74) is 9.93. The summed E-state index contributed by atoms with van der Waals surface area (Å²) in [4.78, 5) is 30.6. The number of piperidine rings is 1. The first-order valence-electron chi connectivity index (χ1n) is 9.00. The molecule has 0 radical (unpaired) electrons. The van der Waals surface area contributed by atoms with Crippen molar-refractivity contribution in [2.45, 2.75) is 12.8 Å². The standard InChI is InChI=1S/C20H19N5O2/c1-23-17-11-12(24-9-7-13(26)8-10-24)5-6-15(17)25-16-4-2-3-14(21)18(16)19(27)22-20(23)25/h2-6,11H,7-10,21H2,1H3. The number of nitrogens with two attached hydrogens (primary N) is 1. The normalized spacial score (nSPS) is 15.3. The molecule has 1 fully saturated rings. The van der Waals surface area contributed by atoms with Crippen molar-refractivity contribution in [3.05, 3.63) is 46.8 Å². The summed E-state index contributed by atoms with van der Waals surface area (Å²) in [6, 6.07) is 11.7. The van der Waals surface area contributed by atoms with Crippen LogP contribution in [0.3, 0.4) is 0 Å². The van der Waals surface area contributed by atoms with Crippen LogP contribution in [-0.2, 0) is 11.8 Å². The molecule has 2 aromatic carbocycles.